The smallest absolute Gasteiger partial charge is 0.123 e. The molecule has 0 amide bonds. The van der Waals surface area contributed by atoms with Gasteiger partial charge in [0, 0.05) is 16.7 Å². The Kier molecular flexibility index (Phi) is 4.41. The van der Waals surface area contributed by atoms with Gasteiger partial charge in [-0.05, 0) is 48.9 Å². The first-order valence-electron chi connectivity index (χ1n) is 8.64. The molecule has 1 aromatic carbocycles. The van der Waals surface area contributed by atoms with E-state index in [0.717, 1.165) is 53.8 Å². The Labute approximate surface area is 143 Å². The van der Waals surface area contributed by atoms with Gasteiger partial charge in [-0.25, -0.2) is 4.39 Å². The van der Waals surface area contributed by atoms with Gasteiger partial charge in [0.2, 0.25) is 0 Å². The second-order valence-electron chi connectivity index (χ2n) is 7.57. The number of aryl methyl sites for hydroxylation is 1. The molecule has 0 saturated carbocycles. The van der Waals surface area contributed by atoms with E-state index in [1.807, 2.05) is 6.07 Å². The molecule has 1 aliphatic carbocycles. The molecular formula is C21H23FN2. The van der Waals surface area contributed by atoms with Crippen LogP contribution in [0, 0.1) is 17.1 Å². The number of pyridine rings is 1. The average Bonchev–Trinajstić information content (AvgIpc) is 2.77. The lowest BCUT2D eigenvalue weighted by Gasteiger charge is -2.24. The number of nitrogens with zero attached hydrogens (tertiary/aromatic N) is 2. The van der Waals surface area contributed by atoms with E-state index in [1.54, 1.807) is 6.07 Å². The summed E-state index contributed by atoms with van der Waals surface area (Å²) in [4.78, 5) is 4.91. The first-order valence-corrected chi connectivity index (χ1v) is 8.64. The van der Waals surface area contributed by atoms with Crippen LogP contribution in [0.15, 0.2) is 24.3 Å². The molecule has 1 aliphatic rings. The summed E-state index contributed by atoms with van der Waals surface area (Å²) >= 11 is 0. The van der Waals surface area contributed by atoms with Crippen LogP contribution in [0.5, 0.6) is 0 Å². The van der Waals surface area contributed by atoms with Gasteiger partial charge in [0.25, 0.3) is 0 Å². The van der Waals surface area contributed by atoms with Crippen molar-refractivity contribution in [1.29, 1.82) is 5.26 Å². The summed E-state index contributed by atoms with van der Waals surface area (Å²) in [6.07, 6.45) is 5.24. The molecule has 1 heterocycles. The number of aromatic nitrogens is 1. The minimum Gasteiger partial charge on any atom is -0.256 e. The van der Waals surface area contributed by atoms with Crippen LogP contribution in [-0.2, 0) is 18.3 Å². The molecule has 0 N–H and O–H groups in total. The monoisotopic (exact) mass is 322 g/mol. The van der Waals surface area contributed by atoms with Crippen molar-refractivity contribution < 1.29 is 4.39 Å². The van der Waals surface area contributed by atoms with Gasteiger partial charge in [0.05, 0.1) is 11.3 Å². The molecule has 3 heteroatoms. The minimum atomic E-state index is -0.270. The van der Waals surface area contributed by atoms with Crippen molar-refractivity contribution in [3.8, 4) is 17.2 Å². The largest absolute Gasteiger partial charge is 0.256 e. The van der Waals surface area contributed by atoms with Gasteiger partial charge in [-0.15, -0.1) is 0 Å². The predicted octanol–water partition coefficient (Wildman–Crippen LogP) is 5.33. The predicted molar refractivity (Wildman–Crippen MR) is 94.3 cm³/mol. The second-order valence-corrected chi connectivity index (χ2v) is 7.57. The van der Waals surface area contributed by atoms with Crippen LogP contribution < -0.4 is 0 Å². The molecule has 24 heavy (non-hydrogen) atoms. The van der Waals surface area contributed by atoms with Crippen molar-refractivity contribution in [3.63, 3.8) is 0 Å². The van der Waals surface area contributed by atoms with E-state index in [4.69, 9.17) is 4.98 Å². The summed E-state index contributed by atoms with van der Waals surface area (Å²) in [5.41, 5.74) is 5.12. The van der Waals surface area contributed by atoms with Gasteiger partial charge < -0.3 is 0 Å². The number of fused-ring (bicyclic) bond motifs is 1. The van der Waals surface area contributed by atoms with E-state index >= 15 is 0 Å². The lowest BCUT2D eigenvalue weighted by atomic mass is 9.82. The Morgan fingerprint density at radius 1 is 1.12 bits per heavy atom. The van der Waals surface area contributed by atoms with Crippen LogP contribution >= 0.6 is 0 Å². The van der Waals surface area contributed by atoms with Crippen LogP contribution in [-0.4, -0.2) is 4.98 Å². The Bertz CT molecular complexity index is 810. The van der Waals surface area contributed by atoms with Crippen LogP contribution in [0.1, 0.15) is 62.5 Å². The number of benzene rings is 1. The van der Waals surface area contributed by atoms with Gasteiger partial charge in [-0.3, -0.25) is 4.98 Å². The lowest BCUT2D eigenvalue weighted by molar-refractivity contribution is 0.562. The zero-order chi connectivity index (χ0) is 17.3. The van der Waals surface area contributed by atoms with Crippen molar-refractivity contribution in [2.45, 2.75) is 58.3 Å². The molecule has 3 rings (SSSR count). The first-order chi connectivity index (χ1) is 11.4. The molecule has 0 unspecified atom stereocenters. The standard InChI is InChI=1S/C21H23FN2/c1-21(2,3)20-17(13-23)19(14-8-7-9-15(22)12-14)16-10-5-4-6-11-18(16)24-20/h7-9,12H,4-6,10-11H2,1-3H3. The molecule has 0 bridgehead atoms. The molecule has 0 atom stereocenters. The van der Waals surface area contributed by atoms with Crippen LogP contribution in [0.25, 0.3) is 11.1 Å². The number of halogens is 1. The van der Waals surface area contributed by atoms with E-state index in [-0.39, 0.29) is 11.2 Å². The highest BCUT2D eigenvalue weighted by molar-refractivity contribution is 5.76. The van der Waals surface area contributed by atoms with E-state index in [9.17, 15) is 9.65 Å². The van der Waals surface area contributed by atoms with Crippen LogP contribution in [0.3, 0.4) is 0 Å². The fourth-order valence-electron chi connectivity index (χ4n) is 3.53. The molecule has 0 fully saturated rings. The highest BCUT2D eigenvalue weighted by Crippen LogP contribution is 2.38. The molecule has 1 aromatic heterocycles. The van der Waals surface area contributed by atoms with Crippen LogP contribution in [0.4, 0.5) is 4.39 Å². The van der Waals surface area contributed by atoms with Gasteiger partial charge in [-0.2, -0.15) is 5.26 Å². The highest BCUT2D eigenvalue weighted by Gasteiger charge is 2.28. The maximum Gasteiger partial charge on any atom is 0.123 e. The average molecular weight is 322 g/mol. The zero-order valence-electron chi connectivity index (χ0n) is 14.6. The van der Waals surface area contributed by atoms with E-state index < -0.39 is 0 Å². The van der Waals surface area contributed by atoms with Gasteiger partial charge in [0.1, 0.15) is 11.9 Å². The molecule has 2 nitrogen and oxygen atoms in total. The van der Waals surface area contributed by atoms with E-state index in [0.29, 0.717) is 5.56 Å². The van der Waals surface area contributed by atoms with Gasteiger partial charge >= 0.3 is 0 Å². The highest BCUT2D eigenvalue weighted by atomic mass is 19.1. The second kappa shape index (κ2) is 6.36. The molecule has 0 saturated heterocycles. The topological polar surface area (TPSA) is 36.7 Å². The molecule has 0 aliphatic heterocycles. The van der Waals surface area contributed by atoms with Crippen molar-refractivity contribution in [2.75, 3.05) is 0 Å². The summed E-state index contributed by atoms with van der Waals surface area (Å²) < 4.78 is 13.8. The Morgan fingerprint density at radius 3 is 2.54 bits per heavy atom. The summed E-state index contributed by atoms with van der Waals surface area (Å²) in [5.74, 6) is -0.270. The third kappa shape index (κ3) is 3.06. The number of hydrogen-bond donors (Lipinski definition) is 0. The SMILES string of the molecule is CC(C)(C)c1nc2c(c(-c3cccc(F)c3)c1C#N)CCCCC2. The third-order valence-corrected chi connectivity index (χ3v) is 4.66. The fourth-order valence-corrected chi connectivity index (χ4v) is 3.53. The molecular weight excluding hydrogens is 299 g/mol. The normalized spacial score (nSPS) is 14.6. The summed E-state index contributed by atoms with van der Waals surface area (Å²) in [6.45, 7) is 6.23. The Hall–Kier alpha value is -2.21. The molecule has 124 valence electrons. The Morgan fingerprint density at radius 2 is 1.88 bits per heavy atom. The maximum absolute atomic E-state index is 13.8. The van der Waals surface area contributed by atoms with Gasteiger partial charge in [-0.1, -0.05) is 39.3 Å². The van der Waals surface area contributed by atoms with E-state index in [1.165, 1.54) is 18.6 Å². The van der Waals surface area contributed by atoms with Crippen molar-refractivity contribution in [2.24, 2.45) is 0 Å². The maximum atomic E-state index is 13.8. The fraction of sp³-hybridized carbons (Fsp3) is 0.429. The zero-order valence-corrected chi connectivity index (χ0v) is 14.6. The number of rotatable bonds is 1. The third-order valence-electron chi connectivity index (χ3n) is 4.66. The lowest BCUT2D eigenvalue weighted by Crippen LogP contribution is -2.19. The number of nitriles is 1. The minimum absolute atomic E-state index is 0.228. The van der Waals surface area contributed by atoms with Crippen molar-refractivity contribution in [1.82, 2.24) is 4.98 Å². The van der Waals surface area contributed by atoms with E-state index in [2.05, 4.69) is 26.8 Å². The first kappa shape index (κ1) is 16.6. The van der Waals surface area contributed by atoms with Crippen LogP contribution in [0.2, 0.25) is 0 Å². The Balaban J connectivity index is 2.38. The van der Waals surface area contributed by atoms with Crippen molar-refractivity contribution in [3.05, 3.63) is 52.6 Å². The summed E-state index contributed by atoms with van der Waals surface area (Å²) in [6, 6.07) is 8.97. The quantitative estimate of drug-likeness (QED) is 0.666. The summed E-state index contributed by atoms with van der Waals surface area (Å²) in [5, 5.41) is 9.88. The summed E-state index contributed by atoms with van der Waals surface area (Å²) in [7, 11) is 0. The number of hydrogen-bond acceptors (Lipinski definition) is 2. The molecule has 0 radical (unpaired) electrons. The van der Waals surface area contributed by atoms with Crippen molar-refractivity contribution >= 4 is 0 Å². The molecule has 2 aromatic rings. The van der Waals surface area contributed by atoms with Gasteiger partial charge in [0.15, 0.2) is 0 Å². The molecule has 0 spiro atoms.